The van der Waals surface area contributed by atoms with Crippen LogP contribution in [0.25, 0.3) is 0 Å². The Kier molecular flexibility index (Phi) is 3.74. The molecule has 0 bridgehead atoms. The van der Waals surface area contributed by atoms with Crippen molar-refractivity contribution in [2.24, 2.45) is 5.92 Å². The van der Waals surface area contributed by atoms with Gasteiger partial charge in [-0.25, -0.2) is 8.78 Å². The molecule has 0 radical (unpaired) electrons. The van der Waals surface area contributed by atoms with E-state index in [1.807, 2.05) is 6.92 Å². The van der Waals surface area contributed by atoms with E-state index in [2.05, 4.69) is 4.90 Å². The lowest BCUT2D eigenvalue weighted by molar-refractivity contribution is 0.203. The summed E-state index contributed by atoms with van der Waals surface area (Å²) in [7, 11) is 0. The number of benzene rings is 1. The van der Waals surface area contributed by atoms with Crippen molar-refractivity contribution in [1.82, 2.24) is 4.90 Å². The van der Waals surface area contributed by atoms with Gasteiger partial charge in [-0.3, -0.25) is 4.90 Å². The maximum atomic E-state index is 13.6. The van der Waals surface area contributed by atoms with Crippen LogP contribution in [0, 0.1) is 17.6 Å². The van der Waals surface area contributed by atoms with Gasteiger partial charge in [-0.05, 0) is 44.0 Å². The van der Waals surface area contributed by atoms with Gasteiger partial charge in [0.25, 0.3) is 0 Å². The Balaban J connectivity index is 2.14. The fourth-order valence-corrected chi connectivity index (χ4v) is 2.39. The van der Waals surface area contributed by atoms with Crippen LogP contribution in [0.3, 0.4) is 0 Å². The number of hydrogen-bond acceptors (Lipinski definition) is 2. The molecule has 2 atom stereocenters. The average molecular weight is 241 g/mol. The van der Waals surface area contributed by atoms with Crippen molar-refractivity contribution in [3.05, 3.63) is 35.4 Å². The highest BCUT2D eigenvalue weighted by Gasteiger charge is 2.27. The normalized spacial score (nSPS) is 22.9. The third-order valence-electron chi connectivity index (χ3n) is 3.53. The molecular formula is C13H17F2NO. The second-order valence-corrected chi connectivity index (χ2v) is 4.67. The van der Waals surface area contributed by atoms with Gasteiger partial charge in [0.05, 0.1) is 0 Å². The summed E-state index contributed by atoms with van der Waals surface area (Å²) >= 11 is 0. The first-order valence-electron chi connectivity index (χ1n) is 5.91. The highest BCUT2D eigenvalue weighted by molar-refractivity contribution is 5.22. The van der Waals surface area contributed by atoms with E-state index in [4.69, 9.17) is 5.11 Å². The van der Waals surface area contributed by atoms with E-state index >= 15 is 0 Å². The highest BCUT2D eigenvalue weighted by Crippen LogP contribution is 2.28. The van der Waals surface area contributed by atoms with Crippen LogP contribution in [0.15, 0.2) is 18.2 Å². The van der Waals surface area contributed by atoms with Crippen molar-refractivity contribution >= 4 is 0 Å². The Morgan fingerprint density at radius 2 is 2.24 bits per heavy atom. The Morgan fingerprint density at radius 3 is 2.88 bits per heavy atom. The van der Waals surface area contributed by atoms with E-state index in [1.165, 1.54) is 12.1 Å². The van der Waals surface area contributed by atoms with E-state index in [0.29, 0.717) is 5.56 Å². The first kappa shape index (κ1) is 12.5. The number of aliphatic hydroxyl groups excluding tert-OH is 1. The molecule has 0 amide bonds. The number of aliphatic hydroxyl groups is 1. The van der Waals surface area contributed by atoms with Crippen molar-refractivity contribution in [2.45, 2.75) is 19.4 Å². The molecule has 1 aromatic carbocycles. The maximum Gasteiger partial charge on any atom is 0.128 e. The molecule has 1 aliphatic rings. The monoisotopic (exact) mass is 241 g/mol. The summed E-state index contributed by atoms with van der Waals surface area (Å²) in [5, 5.41) is 9.07. The zero-order chi connectivity index (χ0) is 12.4. The third-order valence-corrected chi connectivity index (χ3v) is 3.53. The fraction of sp³-hybridized carbons (Fsp3) is 0.538. The van der Waals surface area contributed by atoms with Crippen LogP contribution in [0.4, 0.5) is 8.78 Å². The molecule has 1 N–H and O–H groups in total. The molecule has 1 saturated heterocycles. The van der Waals surface area contributed by atoms with Crippen molar-refractivity contribution in [2.75, 3.05) is 19.7 Å². The Morgan fingerprint density at radius 1 is 1.47 bits per heavy atom. The molecule has 1 fully saturated rings. The zero-order valence-electron chi connectivity index (χ0n) is 9.87. The first-order valence-corrected chi connectivity index (χ1v) is 5.91. The van der Waals surface area contributed by atoms with Gasteiger partial charge in [0.2, 0.25) is 0 Å². The molecule has 1 heterocycles. The summed E-state index contributed by atoms with van der Waals surface area (Å²) in [6.07, 6.45) is 0.914. The van der Waals surface area contributed by atoms with E-state index in [9.17, 15) is 8.78 Å². The SMILES string of the molecule is CC(c1cc(F)ccc1F)N1CCC(CO)C1. The van der Waals surface area contributed by atoms with Gasteiger partial charge >= 0.3 is 0 Å². The van der Waals surface area contributed by atoms with Crippen LogP contribution in [-0.4, -0.2) is 29.7 Å². The van der Waals surface area contributed by atoms with Gasteiger partial charge in [0, 0.05) is 24.8 Å². The predicted octanol–water partition coefficient (Wildman–Crippen LogP) is 2.34. The summed E-state index contributed by atoms with van der Waals surface area (Å²) in [5.74, 6) is -0.522. The highest BCUT2D eigenvalue weighted by atomic mass is 19.1. The van der Waals surface area contributed by atoms with Crippen molar-refractivity contribution in [1.29, 1.82) is 0 Å². The topological polar surface area (TPSA) is 23.5 Å². The van der Waals surface area contributed by atoms with Crippen LogP contribution in [0.5, 0.6) is 0 Å². The van der Waals surface area contributed by atoms with Gasteiger partial charge in [-0.15, -0.1) is 0 Å². The summed E-state index contributed by atoms with van der Waals surface area (Å²) < 4.78 is 26.7. The number of rotatable bonds is 3. The van der Waals surface area contributed by atoms with E-state index in [-0.39, 0.29) is 24.4 Å². The third kappa shape index (κ3) is 2.64. The van der Waals surface area contributed by atoms with Crippen molar-refractivity contribution in [3.63, 3.8) is 0 Å². The Bertz CT molecular complexity index is 397. The van der Waals surface area contributed by atoms with Crippen LogP contribution in [-0.2, 0) is 0 Å². The van der Waals surface area contributed by atoms with Crippen LogP contribution in [0.1, 0.15) is 24.9 Å². The minimum atomic E-state index is -0.411. The Hall–Kier alpha value is -1.00. The van der Waals surface area contributed by atoms with Gasteiger partial charge in [0.15, 0.2) is 0 Å². The van der Waals surface area contributed by atoms with Gasteiger partial charge < -0.3 is 5.11 Å². The summed E-state index contributed by atoms with van der Waals surface area (Å²) in [4.78, 5) is 2.08. The summed E-state index contributed by atoms with van der Waals surface area (Å²) in [6.45, 7) is 3.60. The minimum Gasteiger partial charge on any atom is -0.396 e. The summed E-state index contributed by atoms with van der Waals surface area (Å²) in [6, 6.07) is 3.40. The molecule has 2 nitrogen and oxygen atoms in total. The first-order chi connectivity index (χ1) is 8.11. The van der Waals surface area contributed by atoms with Crippen molar-refractivity contribution in [3.8, 4) is 0 Å². The molecule has 2 rings (SSSR count). The van der Waals surface area contributed by atoms with Crippen LogP contribution < -0.4 is 0 Å². The largest absolute Gasteiger partial charge is 0.396 e. The second-order valence-electron chi connectivity index (χ2n) is 4.67. The van der Waals surface area contributed by atoms with E-state index in [1.54, 1.807) is 0 Å². The number of likely N-dealkylation sites (tertiary alicyclic amines) is 1. The molecule has 1 aromatic rings. The molecule has 1 aliphatic heterocycles. The predicted molar refractivity (Wildman–Crippen MR) is 61.5 cm³/mol. The van der Waals surface area contributed by atoms with E-state index in [0.717, 1.165) is 25.6 Å². The second kappa shape index (κ2) is 5.10. The molecule has 2 unspecified atom stereocenters. The number of hydrogen-bond donors (Lipinski definition) is 1. The molecule has 0 saturated carbocycles. The lowest BCUT2D eigenvalue weighted by atomic mass is 10.1. The molecule has 0 aliphatic carbocycles. The quantitative estimate of drug-likeness (QED) is 0.878. The van der Waals surface area contributed by atoms with Gasteiger partial charge in [-0.1, -0.05) is 0 Å². The Labute approximate surface area is 99.9 Å². The smallest absolute Gasteiger partial charge is 0.128 e. The molecule has 4 heteroatoms. The molecule has 0 spiro atoms. The fourth-order valence-electron chi connectivity index (χ4n) is 2.39. The molecule has 94 valence electrons. The number of nitrogens with zero attached hydrogens (tertiary/aromatic N) is 1. The van der Waals surface area contributed by atoms with Crippen LogP contribution >= 0.6 is 0 Å². The lowest BCUT2D eigenvalue weighted by Gasteiger charge is -2.25. The zero-order valence-corrected chi connectivity index (χ0v) is 9.87. The average Bonchev–Trinajstić information content (AvgIpc) is 2.80. The minimum absolute atomic E-state index is 0.151. The standard InChI is InChI=1S/C13H17F2NO/c1-9(16-5-4-10(7-16)8-17)12-6-11(14)2-3-13(12)15/h2-3,6,9-10,17H,4-5,7-8H2,1H3. The van der Waals surface area contributed by atoms with E-state index < -0.39 is 5.82 Å². The van der Waals surface area contributed by atoms with Crippen molar-refractivity contribution < 1.29 is 13.9 Å². The maximum absolute atomic E-state index is 13.6. The van der Waals surface area contributed by atoms with Gasteiger partial charge in [-0.2, -0.15) is 0 Å². The molecule has 17 heavy (non-hydrogen) atoms. The summed E-state index contributed by atoms with van der Waals surface area (Å²) in [5.41, 5.74) is 0.392. The number of halogens is 2. The van der Waals surface area contributed by atoms with Gasteiger partial charge in [0.1, 0.15) is 11.6 Å². The lowest BCUT2D eigenvalue weighted by Crippen LogP contribution is -2.25. The molecular weight excluding hydrogens is 224 g/mol. The van der Waals surface area contributed by atoms with Crippen LogP contribution in [0.2, 0.25) is 0 Å². The molecule has 0 aromatic heterocycles.